The van der Waals surface area contributed by atoms with Crippen molar-refractivity contribution in [2.45, 2.75) is 24.7 Å². The second kappa shape index (κ2) is 5.73. The number of hydrogen-bond acceptors (Lipinski definition) is 4. The monoisotopic (exact) mass is 307 g/mol. The molecule has 1 atom stereocenters. The van der Waals surface area contributed by atoms with E-state index in [-0.39, 0.29) is 4.90 Å². The first-order chi connectivity index (χ1) is 9.87. The molecule has 0 N–H and O–H groups in total. The molecule has 112 valence electrons. The minimum absolute atomic E-state index is 0.183. The smallest absolute Gasteiger partial charge is 0.314 e. The van der Waals surface area contributed by atoms with E-state index in [0.29, 0.717) is 5.69 Å². The van der Waals surface area contributed by atoms with E-state index in [0.717, 1.165) is 9.54 Å². The molecule has 0 aliphatic carbocycles. The molecule has 0 spiro atoms. The number of aryl methyl sites for hydroxylation is 1. The van der Waals surface area contributed by atoms with Crippen molar-refractivity contribution in [2.75, 3.05) is 7.11 Å². The lowest BCUT2D eigenvalue weighted by Gasteiger charge is -2.14. The normalized spacial score (nSPS) is 12.9. The number of esters is 1. The Kier molecular flexibility index (Phi) is 4.18. The summed E-state index contributed by atoms with van der Waals surface area (Å²) in [6.45, 7) is 3.50. The summed E-state index contributed by atoms with van der Waals surface area (Å²) in [7, 11) is -2.44. The van der Waals surface area contributed by atoms with Gasteiger partial charge in [0.2, 0.25) is 0 Å². The van der Waals surface area contributed by atoms with Gasteiger partial charge in [-0.2, -0.15) is 0 Å². The minimum Gasteiger partial charge on any atom is -0.469 e. The van der Waals surface area contributed by atoms with E-state index in [9.17, 15) is 13.2 Å². The Bertz CT molecular complexity index is 744. The molecule has 0 amide bonds. The Morgan fingerprint density at radius 2 is 1.81 bits per heavy atom. The predicted octanol–water partition coefficient (Wildman–Crippen LogP) is 2.31. The van der Waals surface area contributed by atoms with Crippen LogP contribution < -0.4 is 0 Å². The highest BCUT2D eigenvalue weighted by Gasteiger charge is 2.25. The molecular weight excluding hydrogens is 290 g/mol. The first kappa shape index (κ1) is 15.3. The molecule has 2 aromatic rings. The van der Waals surface area contributed by atoms with Gasteiger partial charge in [-0.3, -0.25) is 4.79 Å². The summed E-state index contributed by atoms with van der Waals surface area (Å²) >= 11 is 0. The van der Waals surface area contributed by atoms with Gasteiger partial charge in [0.25, 0.3) is 10.0 Å². The van der Waals surface area contributed by atoms with Crippen LogP contribution in [0.1, 0.15) is 24.1 Å². The van der Waals surface area contributed by atoms with Crippen LogP contribution in [-0.2, 0) is 19.6 Å². The zero-order chi connectivity index (χ0) is 15.6. The summed E-state index contributed by atoms with van der Waals surface area (Å²) in [4.78, 5) is 11.8. The average Bonchev–Trinajstić information content (AvgIpc) is 2.96. The van der Waals surface area contributed by atoms with Crippen molar-refractivity contribution in [2.24, 2.45) is 0 Å². The minimum atomic E-state index is -3.72. The van der Waals surface area contributed by atoms with Crippen LogP contribution in [0.25, 0.3) is 0 Å². The molecule has 1 aromatic heterocycles. The zero-order valence-electron chi connectivity index (χ0n) is 12.1. The van der Waals surface area contributed by atoms with Gasteiger partial charge in [-0.1, -0.05) is 17.7 Å². The van der Waals surface area contributed by atoms with Gasteiger partial charge >= 0.3 is 5.97 Å². The quantitative estimate of drug-likeness (QED) is 0.813. The third-order valence-corrected chi connectivity index (χ3v) is 5.04. The van der Waals surface area contributed by atoms with E-state index < -0.39 is 21.9 Å². The second-order valence-corrected chi connectivity index (χ2v) is 6.61. The van der Waals surface area contributed by atoms with E-state index in [1.807, 2.05) is 6.92 Å². The summed E-state index contributed by atoms with van der Waals surface area (Å²) in [6.07, 6.45) is 1.43. The molecule has 1 unspecified atom stereocenters. The number of hydrogen-bond donors (Lipinski definition) is 0. The highest BCUT2D eigenvalue weighted by molar-refractivity contribution is 7.90. The highest BCUT2D eigenvalue weighted by Crippen LogP contribution is 2.23. The number of carbonyl (C=O) groups is 1. The molecule has 2 rings (SSSR count). The molecule has 0 fully saturated rings. The van der Waals surface area contributed by atoms with Gasteiger partial charge in [0.1, 0.15) is 0 Å². The molecule has 6 heteroatoms. The molecule has 21 heavy (non-hydrogen) atoms. The first-order valence-corrected chi connectivity index (χ1v) is 7.89. The summed E-state index contributed by atoms with van der Waals surface area (Å²) in [6, 6.07) is 9.78. The van der Waals surface area contributed by atoms with Crippen molar-refractivity contribution in [3.8, 4) is 0 Å². The number of methoxy groups -OCH3 is 1. The lowest BCUT2D eigenvalue weighted by Crippen LogP contribution is -2.20. The molecule has 0 saturated carbocycles. The van der Waals surface area contributed by atoms with E-state index in [1.165, 1.54) is 13.3 Å². The number of nitrogens with zero attached hydrogens (tertiary/aromatic N) is 1. The number of ether oxygens (including phenoxy) is 1. The lowest BCUT2D eigenvalue weighted by molar-refractivity contribution is -0.142. The fourth-order valence-electron chi connectivity index (χ4n) is 2.05. The SMILES string of the molecule is COC(=O)C(C)c1cccn1S(=O)(=O)c1ccc(C)cc1. The fraction of sp³-hybridized carbons (Fsp3) is 0.267. The van der Waals surface area contributed by atoms with Crippen molar-refractivity contribution < 1.29 is 17.9 Å². The third kappa shape index (κ3) is 2.85. The Labute approximate surface area is 124 Å². The Balaban J connectivity index is 2.49. The number of carbonyl (C=O) groups excluding carboxylic acids is 1. The van der Waals surface area contributed by atoms with Crippen LogP contribution in [0.4, 0.5) is 0 Å². The van der Waals surface area contributed by atoms with Crippen LogP contribution in [-0.4, -0.2) is 25.5 Å². The van der Waals surface area contributed by atoms with Crippen molar-refractivity contribution in [1.29, 1.82) is 0 Å². The van der Waals surface area contributed by atoms with Crippen LogP contribution in [0.2, 0.25) is 0 Å². The molecule has 0 saturated heterocycles. The van der Waals surface area contributed by atoms with Crippen LogP contribution >= 0.6 is 0 Å². The van der Waals surface area contributed by atoms with Gasteiger partial charge in [0, 0.05) is 11.9 Å². The van der Waals surface area contributed by atoms with Crippen molar-refractivity contribution in [3.63, 3.8) is 0 Å². The zero-order valence-corrected chi connectivity index (χ0v) is 12.9. The molecular formula is C15H17NO4S. The topological polar surface area (TPSA) is 65.4 Å². The predicted molar refractivity (Wildman–Crippen MR) is 78.6 cm³/mol. The van der Waals surface area contributed by atoms with E-state index in [4.69, 9.17) is 0 Å². The van der Waals surface area contributed by atoms with E-state index in [1.54, 1.807) is 43.3 Å². The molecule has 1 aromatic carbocycles. The largest absolute Gasteiger partial charge is 0.469 e. The van der Waals surface area contributed by atoms with E-state index >= 15 is 0 Å². The Morgan fingerprint density at radius 3 is 2.38 bits per heavy atom. The highest BCUT2D eigenvalue weighted by atomic mass is 32.2. The van der Waals surface area contributed by atoms with Gasteiger partial charge in [-0.15, -0.1) is 0 Å². The van der Waals surface area contributed by atoms with Crippen LogP contribution in [0.15, 0.2) is 47.5 Å². The van der Waals surface area contributed by atoms with Crippen molar-refractivity contribution in [1.82, 2.24) is 3.97 Å². The fourth-order valence-corrected chi connectivity index (χ4v) is 3.49. The Morgan fingerprint density at radius 1 is 1.19 bits per heavy atom. The number of rotatable bonds is 4. The maximum absolute atomic E-state index is 12.7. The van der Waals surface area contributed by atoms with Gasteiger partial charge in [-0.25, -0.2) is 12.4 Å². The van der Waals surface area contributed by atoms with Crippen LogP contribution in [0.3, 0.4) is 0 Å². The average molecular weight is 307 g/mol. The van der Waals surface area contributed by atoms with Crippen LogP contribution in [0.5, 0.6) is 0 Å². The molecule has 0 aliphatic heterocycles. The number of aromatic nitrogens is 1. The summed E-state index contributed by atoms with van der Waals surface area (Å²) in [5.41, 5.74) is 1.35. The molecule has 5 nitrogen and oxygen atoms in total. The molecule has 0 radical (unpaired) electrons. The molecule has 1 heterocycles. The maximum atomic E-state index is 12.7. The number of benzene rings is 1. The van der Waals surface area contributed by atoms with Crippen molar-refractivity contribution >= 4 is 16.0 Å². The maximum Gasteiger partial charge on any atom is 0.314 e. The van der Waals surface area contributed by atoms with Crippen LogP contribution in [0, 0.1) is 6.92 Å². The van der Waals surface area contributed by atoms with Gasteiger partial charge < -0.3 is 4.74 Å². The standard InChI is InChI=1S/C15H17NO4S/c1-11-6-8-13(9-7-11)21(18,19)16-10-4-5-14(16)12(2)15(17)20-3/h4-10,12H,1-3H3. The molecule has 0 aliphatic rings. The second-order valence-electron chi connectivity index (χ2n) is 4.79. The van der Waals surface area contributed by atoms with Crippen molar-refractivity contribution in [3.05, 3.63) is 53.9 Å². The van der Waals surface area contributed by atoms with Gasteiger partial charge in [0.15, 0.2) is 0 Å². The third-order valence-electron chi connectivity index (χ3n) is 3.32. The molecule has 0 bridgehead atoms. The lowest BCUT2D eigenvalue weighted by atomic mass is 10.1. The Hall–Kier alpha value is -2.08. The van der Waals surface area contributed by atoms with Gasteiger partial charge in [-0.05, 0) is 38.1 Å². The summed E-state index contributed by atoms with van der Waals surface area (Å²) in [5.74, 6) is -1.14. The van der Waals surface area contributed by atoms with Gasteiger partial charge in [0.05, 0.1) is 17.9 Å². The van der Waals surface area contributed by atoms with E-state index in [2.05, 4.69) is 4.74 Å². The first-order valence-electron chi connectivity index (χ1n) is 6.45. The summed E-state index contributed by atoms with van der Waals surface area (Å²) < 4.78 is 31.1. The summed E-state index contributed by atoms with van der Waals surface area (Å²) in [5, 5.41) is 0.